The summed E-state index contributed by atoms with van der Waals surface area (Å²) in [5.41, 5.74) is 0. The summed E-state index contributed by atoms with van der Waals surface area (Å²) in [6, 6.07) is 0. The lowest BCUT2D eigenvalue weighted by molar-refractivity contribution is -0.147. The predicted molar refractivity (Wildman–Crippen MR) is 45.0 cm³/mol. The third-order valence-electron chi connectivity index (χ3n) is 2.18. The van der Waals surface area contributed by atoms with E-state index in [1.54, 1.807) is 12.2 Å². The zero-order valence-electron chi connectivity index (χ0n) is 7.40. The maximum atomic E-state index is 11.1. The lowest BCUT2D eigenvalue weighted by atomic mass is 9.87. The molecule has 0 unspecified atom stereocenters. The third kappa shape index (κ3) is 2.31. The van der Waals surface area contributed by atoms with Gasteiger partial charge in [0.25, 0.3) is 0 Å². The van der Waals surface area contributed by atoms with Crippen LogP contribution in [-0.4, -0.2) is 24.2 Å². The van der Waals surface area contributed by atoms with Crippen LogP contribution in [-0.2, 0) is 14.3 Å². The number of carbonyl (C=O) groups is 2. The van der Waals surface area contributed by atoms with Crippen molar-refractivity contribution in [3.8, 4) is 0 Å². The summed E-state index contributed by atoms with van der Waals surface area (Å²) in [6.45, 7) is 0. The van der Waals surface area contributed by atoms with Gasteiger partial charge >= 0.3 is 11.9 Å². The molecule has 0 aromatic heterocycles. The van der Waals surface area contributed by atoms with Crippen molar-refractivity contribution >= 4 is 11.9 Å². The maximum absolute atomic E-state index is 11.1. The van der Waals surface area contributed by atoms with Crippen LogP contribution < -0.4 is 0 Å². The van der Waals surface area contributed by atoms with E-state index in [1.165, 1.54) is 7.11 Å². The molecule has 4 nitrogen and oxygen atoms in total. The van der Waals surface area contributed by atoms with E-state index in [-0.39, 0.29) is 11.9 Å². The molecular formula is C9H12O4. The molecule has 4 heteroatoms. The topological polar surface area (TPSA) is 63.6 Å². The maximum Gasteiger partial charge on any atom is 0.310 e. The number of methoxy groups -OCH3 is 1. The minimum Gasteiger partial charge on any atom is -0.481 e. The van der Waals surface area contributed by atoms with Gasteiger partial charge in [-0.1, -0.05) is 12.2 Å². The fourth-order valence-electron chi connectivity index (χ4n) is 1.43. The number of ether oxygens (including phenoxy) is 1. The lowest BCUT2D eigenvalue weighted by Gasteiger charge is -2.19. The van der Waals surface area contributed by atoms with Gasteiger partial charge in [-0.2, -0.15) is 0 Å². The Morgan fingerprint density at radius 1 is 1.54 bits per heavy atom. The van der Waals surface area contributed by atoms with Crippen LogP contribution in [0.5, 0.6) is 0 Å². The van der Waals surface area contributed by atoms with Gasteiger partial charge in [0, 0.05) is 0 Å². The molecule has 1 N–H and O–H groups in total. The molecule has 0 radical (unpaired) electrons. The third-order valence-corrected chi connectivity index (χ3v) is 2.18. The second kappa shape index (κ2) is 4.07. The van der Waals surface area contributed by atoms with Crippen molar-refractivity contribution in [3.63, 3.8) is 0 Å². The molecule has 0 aromatic rings. The summed E-state index contributed by atoms with van der Waals surface area (Å²) in [6.07, 6.45) is 4.28. The second-order valence-corrected chi connectivity index (χ2v) is 3.06. The molecule has 0 bridgehead atoms. The second-order valence-electron chi connectivity index (χ2n) is 3.06. The van der Waals surface area contributed by atoms with E-state index in [2.05, 4.69) is 4.74 Å². The number of carboxylic acid groups (broad SMARTS) is 1. The monoisotopic (exact) mass is 184 g/mol. The number of carbonyl (C=O) groups excluding carboxylic acids is 1. The van der Waals surface area contributed by atoms with E-state index in [9.17, 15) is 9.59 Å². The van der Waals surface area contributed by atoms with Gasteiger partial charge in [0.1, 0.15) is 0 Å². The van der Waals surface area contributed by atoms with Crippen molar-refractivity contribution in [2.75, 3.05) is 7.11 Å². The summed E-state index contributed by atoms with van der Waals surface area (Å²) < 4.78 is 4.55. The van der Waals surface area contributed by atoms with Crippen LogP contribution in [0.3, 0.4) is 0 Å². The van der Waals surface area contributed by atoms with Crippen molar-refractivity contribution in [3.05, 3.63) is 12.2 Å². The van der Waals surface area contributed by atoms with Crippen molar-refractivity contribution in [1.82, 2.24) is 0 Å². The lowest BCUT2D eigenvalue weighted by Crippen LogP contribution is -2.25. The molecule has 0 aromatic carbocycles. The number of hydrogen-bond donors (Lipinski definition) is 1. The molecule has 0 amide bonds. The standard InChI is InChI=1S/C9H12O4/c1-13-9(12)7-4-2-3-6(5-7)8(10)11/h2-3,6-7H,4-5H2,1H3,(H,10,11)/t6-,7-/m0/s1. The molecule has 1 aliphatic rings. The van der Waals surface area contributed by atoms with Crippen LogP contribution in [0.25, 0.3) is 0 Å². The van der Waals surface area contributed by atoms with Crippen LogP contribution in [0.4, 0.5) is 0 Å². The molecule has 1 aliphatic carbocycles. The Morgan fingerprint density at radius 2 is 2.23 bits per heavy atom. The molecule has 13 heavy (non-hydrogen) atoms. The van der Waals surface area contributed by atoms with Gasteiger partial charge in [-0.15, -0.1) is 0 Å². The number of carboxylic acids is 1. The first-order valence-corrected chi connectivity index (χ1v) is 4.12. The summed E-state index contributed by atoms with van der Waals surface area (Å²) in [5, 5.41) is 8.71. The Bertz CT molecular complexity index is 244. The number of rotatable bonds is 2. The van der Waals surface area contributed by atoms with E-state index in [0.717, 1.165) is 0 Å². The minimum absolute atomic E-state index is 0.295. The Labute approximate surface area is 76.2 Å². The number of hydrogen-bond acceptors (Lipinski definition) is 3. The van der Waals surface area contributed by atoms with E-state index < -0.39 is 11.9 Å². The highest BCUT2D eigenvalue weighted by atomic mass is 16.5. The fraction of sp³-hybridized carbons (Fsp3) is 0.556. The Hall–Kier alpha value is -1.32. The zero-order valence-corrected chi connectivity index (χ0v) is 7.40. The van der Waals surface area contributed by atoms with E-state index >= 15 is 0 Å². The van der Waals surface area contributed by atoms with Crippen molar-refractivity contribution in [1.29, 1.82) is 0 Å². The predicted octanol–water partition coefficient (Wildman–Crippen LogP) is 0.826. The molecule has 72 valence electrons. The molecule has 0 fully saturated rings. The largest absolute Gasteiger partial charge is 0.481 e. The van der Waals surface area contributed by atoms with Gasteiger partial charge in [0.15, 0.2) is 0 Å². The Balaban J connectivity index is 2.60. The Morgan fingerprint density at radius 3 is 2.77 bits per heavy atom. The molecule has 2 atom stereocenters. The van der Waals surface area contributed by atoms with Gasteiger partial charge in [-0.25, -0.2) is 0 Å². The number of esters is 1. The molecule has 0 saturated carbocycles. The van der Waals surface area contributed by atoms with Crippen molar-refractivity contribution < 1.29 is 19.4 Å². The van der Waals surface area contributed by atoms with Crippen LogP contribution >= 0.6 is 0 Å². The quantitative estimate of drug-likeness (QED) is 0.510. The smallest absolute Gasteiger partial charge is 0.310 e. The highest BCUT2D eigenvalue weighted by Gasteiger charge is 2.28. The van der Waals surface area contributed by atoms with Crippen LogP contribution in [0.2, 0.25) is 0 Å². The molecule has 1 rings (SSSR count). The van der Waals surface area contributed by atoms with Gasteiger partial charge in [-0.05, 0) is 12.8 Å². The van der Waals surface area contributed by atoms with Gasteiger partial charge in [0.05, 0.1) is 18.9 Å². The average Bonchev–Trinajstić information content (AvgIpc) is 2.17. The average molecular weight is 184 g/mol. The molecule has 0 saturated heterocycles. The molecule has 0 aliphatic heterocycles. The minimum atomic E-state index is -0.884. The highest BCUT2D eigenvalue weighted by Crippen LogP contribution is 2.24. The van der Waals surface area contributed by atoms with E-state index in [0.29, 0.717) is 12.8 Å². The van der Waals surface area contributed by atoms with Gasteiger partial charge < -0.3 is 9.84 Å². The Kier molecular flexibility index (Phi) is 3.06. The number of aliphatic carboxylic acids is 1. The summed E-state index contributed by atoms with van der Waals surface area (Å²) in [7, 11) is 1.32. The highest BCUT2D eigenvalue weighted by molar-refractivity contribution is 5.77. The normalized spacial score (nSPS) is 26.8. The van der Waals surface area contributed by atoms with Crippen LogP contribution in [0.1, 0.15) is 12.8 Å². The van der Waals surface area contributed by atoms with Gasteiger partial charge in [0.2, 0.25) is 0 Å². The molecule has 0 spiro atoms. The van der Waals surface area contributed by atoms with Gasteiger partial charge in [-0.3, -0.25) is 9.59 Å². The van der Waals surface area contributed by atoms with E-state index in [4.69, 9.17) is 5.11 Å². The van der Waals surface area contributed by atoms with Crippen molar-refractivity contribution in [2.45, 2.75) is 12.8 Å². The summed E-state index contributed by atoms with van der Waals surface area (Å²) in [5.74, 6) is -2.05. The first kappa shape index (κ1) is 9.77. The van der Waals surface area contributed by atoms with Crippen molar-refractivity contribution in [2.24, 2.45) is 11.8 Å². The van der Waals surface area contributed by atoms with Crippen LogP contribution in [0, 0.1) is 11.8 Å². The number of allylic oxidation sites excluding steroid dienone is 1. The fourth-order valence-corrected chi connectivity index (χ4v) is 1.43. The van der Waals surface area contributed by atoms with Crippen LogP contribution in [0.15, 0.2) is 12.2 Å². The molecular weight excluding hydrogens is 172 g/mol. The summed E-state index contributed by atoms with van der Waals surface area (Å²) in [4.78, 5) is 21.7. The van der Waals surface area contributed by atoms with E-state index in [1.807, 2.05) is 0 Å². The molecule has 0 heterocycles. The summed E-state index contributed by atoms with van der Waals surface area (Å²) >= 11 is 0. The zero-order chi connectivity index (χ0) is 9.84. The first-order valence-electron chi connectivity index (χ1n) is 4.12. The first-order chi connectivity index (χ1) is 6.15. The SMILES string of the molecule is COC(=O)[C@H]1CC=C[C@H](C(=O)O)C1.